The summed E-state index contributed by atoms with van der Waals surface area (Å²) in [6.45, 7) is 7.43. The molecule has 2 fully saturated rings. The zero-order chi connectivity index (χ0) is 21.7. The highest BCUT2D eigenvalue weighted by Crippen LogP contribution is 2.23. The van der Waals surface area contributed by atoms with Crippen LogP contribution in [0.3, 0.4) is 0 Å². The van der Waals surface area contributed by atoms with Crippen LogP contribution in [-0.4, -0.2) is 85.3 Å². The summed E-state index contributed by atoms with van der Waals surface area (Å²) in [5.41, 5.74) is 2.22. The molecule has 0 unspecified atom stereocenters. The molecule has 4 rings (SSSR count). The van der Waals surface area contributed by atoms with E-state index < -0.39 is 0 Å². The molecule has 2 aromatic rings. The van der Waals surface area contributed by atoms with Crippen LogP contribution in [0.4, 0.5) is 0 Å². The molecule has 0 atom stereocenters. The Hall–Kier alpha value is -2.52. The molecule has 9 nitrogen and oxygen atoms in total. The number of carbonyl (C=O) groups is 2. The van der Waals surface area contributed by atoms with Gasteiger partial charge in [0, 0.05) is 44.5 Å². The Balaban J connectivity index is 0.000000806. The monoisotopic (exact) mass is 417 g/mol. The number of fused-ring (bicyclic) bond motifs is 1. The van der Waals surface area contributed by atoms with E-state index in [1.807, 2.05) is 15.5 Å². The van der Waals surface area contributed by atoms with Gasteiger partial charge in [0.05, 0.1) is 18.0 Å². The van der Waals surface area contributed by atoms with Crippen LogP contribution in [0.1, 0.15) is 55.9 Å². The van der Waals surface area contributed by atoms with Crippen LogP contribution in [0.2, 0.25) is 0 Å². The van der Waals surface area contributed by atoms with Gasteiger partial charge in [-0.25, -0.2) is 9.97 Å². The van der Waals surface area contributed by atoms with Gasteiger partial charge >= 0.3 is 0 Å². The summed E-state index contributed by atoms with van der Waals surface area (Å²) in [5, 5.41) is 16.6. The van der Waals surface area contributed by atoms with E-state index in [1.54, 1.807) is 12.5 Å². The normalized spacial score (nSPS) is 19.0. The smallest absolute Gasteiger partial charge is 0.290 e. The molecule has 2 aromatic heterocycles. The number of rotatable bonds is 3. The summed E-state index contributed by atoms with van der Waals surface area (Å²) in [6, 6.07) is 2.68. The van der Waals surface area contributed by atoms with Crippen LogP contribution in [0.5, 0.6) is 0 Å². The summed E-state index contributed by atoms with van der Waals surface area (Å²) in [5.74, 6) is 0.0519. The number of aliphatic hydroxyl groups is 1. The Labute approximate surface area is 176 Å². The molecule has 0 bridgehead atoms. The molecule has 0 spiro atoms. The number of hydrogen-bond acceptors (Lipinski definition) is 6. The number of pyridine rings is 1. The maximum Gasteiger partial charge on any atom is 0.290 e. The molecule has 0 aliphatic carbocycles. The van der Waals surface area contributed by atoms with Gasteiger partial charge in [-0.2, -0.15) is 0 Å². The fourth-order valence-corrected chi connectivity index (χ4v) is 4.28. The van der Waals surface area contributed by atoms with E-state index in [0.717, 1.165) is 63.0 Å². The second-order valence-corrected chi connectivity index (χ2v) is 8.21. The summed E-state index contributed by atoms with van der Waals surface area (Å²) in [4.78, 5) is 34.6. The van der Waals surface area contributed by atoms with Crippen molar-refractivity contribution in [2.75, 3.05) is 26.2 Å². The minimum Gasteiger partial charge on any atom is -0.483 e. The highest BCUT2D eigenvalue weighted by Gasteiger charge is 2.29. The number of carboxylic acid groups (broad SMARTS) is 1. The Morgan fingerprint density at radius 3 is 2.37 bits per heavy atom. The number of imidazole rings is 1. The molecule has 0 aromatic carbocycles. The molecule has 2 N–H and O–H groups in total. The second-order valence-electron chi connectivity index (χ2n) is 8.21. The van der Waals surface area contributed by atoms with Crippen LogP contribution < -0.4 is 0 Å². The molecule has 9 heteroatoms. The first-order valence-electron chi connectivity index (χ1n) is 10.6. The molecular weight excluding hydrogens is 386 g/mol. The topological polar surface area (TPSA) is 112 Å². The largest absolute Gasteiger partial charge is 0.483 e. The molecule has 164 valence electrons. The zero-order valence-electron chi connectivity index (χ0n) is 17.6. The number of likely N-dealkylation sites (tertiary alicyclic amines) is 2. The number of aliphatic hydroxyl groups excluding tert-OH is 1. The van der Waals surface area contributed by atoms with Crippen LogP contribution >= 0.6 is 0 Å². The number of aromatic nitrogens is 3. The zero-order valence-corrected chi connectivity index (χ0v) is 17.6. The standard InChI is InChI=1S/C20H29N5O2.CH2O2/c1-14(2)25-13-22-18-11-15(12-21-19(18)25)20(27)24-7-3-16(4-8-24)23-9-5-17(26)6-10-23;2-1-3/h11-14,16-17,26H,3-10H2,1-2H3;1H,(H,2,3). The first-order chi connectivity index (χ1) is 14.4. The van der Waals surface area contributed by atoms with Gasteiger partial charge in [0.25, 0.3) is 12.4 Å². The fraction of sp³-hybridized carbons (Fsp3) is 0.619. The highest BCUT2D eigenvalue weighted by molar-refractivity contribution is 5.96. The van der Waals surface area contributed by atoms with Crippen molar-refractivity contribution in [3.8, 4) is 0 Å². The SMILES string of the molecule is CC(C)n1cnc2cc(C(=O)N3CCC(N4CCC(O)CC4)CC3)cnc21.O=CO. The lowest BCUT2D eigenvalue weighted by Gasteiger charge is -2.41. The van der Waals surface area contributed by atoms with Crippen LogP contribution in [0.25, 0.3) is 11.2 Å². The minimum absolute atomic E-state index is 0.0519. The van der Waals surface area contributed by atoms with E-state index in [-0.39, 0.29) is 18.5 Å². The molecule has 4 heterocycles. The summed E-state index contributed by atoms with van der Waals surface area (Å²) >= 11 is 0. The average molecular weight is 418 g/mol. The van der Waals surface area contributed by atoms with Gasteiger partial charge in [0.2, 0.25) is 0 Å². The second kappa shape index (κ2) is 9.99. The van der Waals surface area contributed by atoms with Gasteiger partial charge in [0.1, 0.15) is 5.52 Å². The van der Waals surface area contributed by atoms with Gasteiger partial charge < -0.3 is 24.6 Å². The Morgan fingerprint density at radius 1 is 1.13 bits per heavy atom. The molecule has 0 radical (unpaired) electrons. The van der Waals surface area contributed by atoms with Crippen molar-refractivity contribution in [3.63, 3.8) is 0 Å². The van der Waals surface area contributed by atoms with Crippen molar-refractivity contribution in [3.05, 3.63) is 24.2 Å². The molecule has 2 saturated heterocycles. The van der Waals surface area contributed by atoms with Gasteiger partial charge in [-0.05, 0) is 45.6 Å². The number of hydrogen-bond donors (Lipinski definition) is 2. The quantitative estimate of drug-likeness (QED) is 0.732. The van der Waals surface area contributed by atoms with Crippen molar-refractivity contribution >= 4 is 23.5 Å². The highest BCUT2D eigenvalue weighted by atomic mass is 16.3. The number of nitrogens with zero attached hydrogens (tertiary/aromatic N) is 5. The van der Waals surface area contributed by atoms with Crippen molar-refractivity contribution in [2.24, 2.45) is 0 Å². The Morgan fingerprint density at radius 2 is 1.77 bits per heavy atom. The van der Waals surface area contributed by atoms with Gasteiger partial charge in [-0.15, -0.1) is 0 Å². The van der Waals surface area contributed by atoms with Crippen LogP contribution in [0, 0.1) is 0 Å². The van der Waals surface area contributed by atoms with E-state index in [0.29, 0.717) is 17.6 Å². The lowest BCUT2D eigenvalue weighted by atomic mass is 9.98. The van der Waals surface area contributed by atoms with E-state index >= 15 is 0 Å². The molecular formula is C21H31N5O4. The summed E-state index contributed by atoms with van der Waals surface area (Å²) < 4.78 is 2.02. The van der Waals surface area contributed by atoms with Gasteiger partial charge in [0.15, 0.2) is 5.65 Å². The minimum atomic E-state index is -0.250. The van der Waals surface area contributed by atoms with E-state index in [1.165, 1.54) is 0 Å². The molecule has 1 amide bonds. The van der Waals surface area contributed by atoms with Crippen molar-refractivity contribution in [1.29, 1.82) is 0 Å². The van der Waals surface area contributed by atoms with E-state index in [9.17, 15) is 9.90 Å². The average Bonchev–Trinajstić information content (AvgIpc) is 3.18. The summed E-state index contributed by atoms with van der Waals surface area (Å²) in [7, 11) is 0. The number of carbonyl (C=O) groups excluding carboxylic acids is 1. The van der Waals surface area contributed by atoms with E-state index in [4.69, 9.17) is 9.90 Å². The number of amides is 1. The van der Waals surface area contributed by atoms with Crippen LogP contribution in [0.15, 0.2) is 18.6 Å². The predicted molar refractivity (Wildman–Crippen MR) is 112 cm³/mol. The predicted octanol–water partition coefficient (Wildman–Crippen LogP) is 1.77. The van der Waals surface area contributed by atoms with Crippen molar-refractivity contribution in [2.45, 2.75) is 57.7 Å². The summed E-state index contributed by atoms with van der Waals surface area (Å²) in [6.07, 6.45) is 7.08. The first kappa shape index (κ1) is 22.2. The van der Waals surface area contributed by atoms with Gasteiger partial charge in [-0.1, -0.05) is 0 Å². The van der Waals surface area contributed by atoms with Crippen LogP contribution in [-0.2, 0) is 4.79 Å². The molecule has 30 heavy (non-hydrogen) atoms. The third kappa shape index (κ3) is 4.96. The van der Waals surface area contributed by atoms with E-state index in [2.05, 4.69) is 28.7 Å². The van der Waals surface area contributed by atoms with Gasteiger partial charge in [-0.3, -0.25) is 9.59 Å². The Bertz CT molecular complexity index is 852. The maximum atomic E-state index is 12.9. The lowest BCUT2D eigenvalue weighted by molar-refractivity contribution is -0.122. The van der Waals surface area contributed by atoms with Crippen molar-refractivity contribution < 1.29 is 19.8 Å². The molecule has 0 saturated carbocycles. The fourth-order valence-electron chi connectivity index (χ4n) is 4.28. The molecule has 2 aliphatic heterocycles. The first-order valence-corrected chi connectivity index (χ1v) is 10.6. The number of piperidine rings is 2. The third-order valence-corrected chi connectivity index (χ3v) is 5.98. The Kier molecular flexibility index (Phi) is 7.38. The lowest BCUT2D eigenvalue weighted by Crippen LogP contribution is -2.49. The third-order valence-electron chi connectivity index (χ3n) is 5.98. The molecule has 2 aliphatic rings. The van der Waals surface area contributed by atoms with Crippen molar-refractivity contribution in [1.82, 2.24) is 24.3 Å². The maximum absolute atomic E-state index is 12.9.